The van der Waals surface area contributed by atoms with Gasteiger partial charge in [-0.1, -0.05) is 25.3 Å². The van der Waals surface area contributed by atoms with Gasteiger partial charge in [0.2, 0.25) is 5.91 Å². The molecule has 2 aliphatic heterocycles. The average molecular weight is 593 g/mol. The normalized spacial score (nSPS) is 17.7. The Bertz CT molecular complexity index is 1580. The van der Waals surface area contributed by atoms with Gasteiger partial charge in [-0.15, -0.1) is 0 Å². The second-order valence-electron chi connectivity index (χ2n) is 12.4. The van der Waals surface area contributed by atoms with E-state index in [1.54, 1.807) is 36.3 Å². The molecule has 1 saturated carbocycles. The molecule has 2 amide bonds. The van der Waals surface area contributed by atoms with Crippen LogP contribution in [0.15, 0.2) is 30.6 Å². The van der Waals surface area contributed by atoms with Gasteiger partial charge in [-0.05, 0) is 45.7 Å². The number of hydrogen-bond acceptors (Lipinski definition) is 8. The molecular weight excluding hydrogens is 555 g/mol. The first kappa shape index (κ1) is 28.5. The minimum atomic E-state index is -0.557. The zero-order valence-corrected chi connectivity index (χ0v) is 25.8. The summed E-state index contributed by atoms with van der Waals surface area (Å²) in [6.45, 7) is 8.83. The van der Waals surface area contributed by atoms with Crippen LogP contribution in [0.4, 0.5) is 26.4 Å². The van der Waals surface area contributed by atoms with Gasteiger partial charge in [-0.3, -0.25) is 9.78 Å². The fraction of sp³-hybridized carbons (Fsp3) is 0.484. The lowest BCUT2D eigenvalue weighted by Crippen LogP contribution is -2.60. The third-order valence-electron chi connectivity index (χ3n) is 8.59. The molecule has 1 saturated heterocycles. The van der Waals surface area contributed by atoms with Crippen LogP contribution >= 0.6 is 11.9 Å². The number of anilines is 3. The van der Waals surface area contributed by atoms with E-state index in [2.05, 4.69) is 21.5 Å². The maximum Gasteiger partial charge on any atom is 0.410 e. The van der Waals surface area contributed by atoms with E-state index in [4.69, 9.17) is 9.72 Å². The molecule has 2 aromatic heterocycles. The van der Waals surface area contributed by atoms with Crippen molar-refractivity contribution in [3.8, 4) is 11.1 Å². The van der Waals surface area contributed by atoms with Gasteiger partial charge in [0, 0.05) is 67.3 Å². The lowest BCUT2D eigenvalue weighted by Gasteiger charge is -2.45. The van der Waals surface area contributed by atoms with Gasteiger partial charge in [0.05, 0.1) is 34.5 Å². The van der Waals surface area contributed by atoms with E-state index in [1.807, 2.05) is 32.9 Å². The van der Waals surface area contributed by atoms with Crippen LogP contribution in [0.1, 0.15) is 52.5 Å². The number of nitrogens with zero attached hydrogens (tertiary/aromatic N) is 5. The van der Waals surface area contributed by atoms with Crippen LogP contribution in [0.3, 0.4) is 0 Å². The Labute approximate surface area is 249 Å². The highest BCUT2D eigenvalue weighted by molar-refractivity contribution is 8.00. The van der Waals surface area contributed by atoms with E-state index in [1.165, 1.54) is 18.0 Å². The standard InChI is InChI=1S/C31H37FN6O3S/c1-7-42-35-24-11-18(14-34-27(24)38-16-19(17-38)36(5)29(40)41-30(2,3)4)20-12-21-23(13-22(20)32)33-15-25-26(21)31(9-8-10-31)28(39)37(25)6/h11-15,19,35H,7-10,16-17H2,1-6H3. The van der Waals surface area contributed by atoms with Crippen molar-refractivity contribution in [1.82, 2.24) is 14.9 Å². The molecule has 0 radical (unpaired) electrons. The van der Waals surface area contributed by atoms with Crippen molar-refractivity contribution in [2.45, 2.75) is 64.0 Å². The van der Waals surface area contributed by atoms with Gasteiger partial charge in [-0.25, -0.2) is 14.2 Å². The van der Waals surface area contributed by atoms with Crippen LogP contribution in [0.2, 0.25) is 0 Å². The third-order valence-corrected chi connectivity index (χ3v) is 9.25. The van der Waals surface area contributed by atoms with Crippen molar-refractivity contribution < 1.29 is 18.7 Å². The fourth-order valence-corrected chi connectivity index (χ4v) is 6.60. The van der Waals surface area contributed by atoms with Crippen molar-refractivity contribution in [3.05, 3.63) is 42.0 Å². The number of aromatic nitrogens is 2. The Balaban J connectivity index is 1.32. The first-order chi connectivity index (χ1) is 19.9. The second kappa shape index (κ2) is 10.3. The van der Waals surface area contributed by atoms with Crippen LogP contribution in [0.25, 0.3) is 22.0 Å². The predicted octanol–water partition coefficient (Wildman–Crippen LogP) is 5.97. The van der Waals surface area contributed by atoms with E-state index in [9.17, 15) is 9.59 Å². The molecule has 1 spiro atoms. The SMILES string of the molecule is CCSNc1cc(-c2cc3c4c(cnc3cc2F)N(C)C(=O)C42CCC2)cnc1N1CC(N(C)C(=O)OC(C)(C)C)C1. The van der Waals surface area contributed by atoms with Gasteiger partial charge in [0.15, 0.2) is 5.82 Å². The molecular formula is C31H37FN6O3S. The summed E-state index contributed by atoms with van der Waals surface area (Å²) in [6, 6.07) is 5.23. The number of benzene rings is 1. The first-order valence-electron chi connectivity index (χ1n) is 14.4. The number of hydrogen-bond donors (Lipinski definition) is 1. The molecule has 11 heteroatoms. The monoisotopic (exact) mass is 592 g/mol. The number of amides is 2. The number of pyridine rings is 2. The Hall–Kier alpha value is -3.60. The molecule has 3 aromatic rings. The summed E-state index contributed by atoms with van der Waals surface area (Å²) >= 11 is 1.54. The maximum atomic E-state index is 15.6. The highest BCUT2D eigenvalue weighted by Gasteiger charge is 2.54. The highest BCUT2D eigenvalue weighted by Crippen LogP contribution is 2.55. The number of halogens is 1. The van der Waals surface area contributed by atoms with Crippen molar-refractivity contribution in [1.29, 1.82) is 0 Å². The zero-order chi connectivity index (χ0) is 30.0. The van der Waals surface area contributed by atoms with Gasteiger partial charge in [-0.2, -0.15) is 0 Å². The molecule has 6 rings (SSSR count). The summed E-state index contributed by atoms with van der Waals surface area (Å²) in [7, 11) is 3.55. The zero-order valence-electron chi connectivity index (χ0n) is 25.0. The van der Waals surface area contributed by atoms with Gasteiger partial charge in [0.1, 0.15) is 11.4 Å². The summed E-state index contributed by atoms with van der Waals surface area (Å²) in [6.07, 6.45) is 5.64. The maximum absolute atomic E-state index is 15.6. The average Bonchev–Trinajstić information content (AvgIpc) is 3.12. The molecule has 0 atom stereocenters. The number of likely N-dealkylation sites (N-methyl/N-ethyl adjacent to an activating group) is 2. The molecule has 3 aliphatic rings. The molecule has 2 fully saturated rings. The van der Waals surface area contributed by atoms with Gasteiger partial charge in [0.25, 0.3) is 0 Å². The lowest BCUT2D eigenvalue weighted by atomic mass is 9.64. The predicted molar refractivity (Wildman–Crippen MR) is 166 cm³/mol. The first-order valence-corrected chi connectivity index (χ1v) is 15.4. The summed E-state index contributed by atoms with van der Waals surface area (Å²) in [5.74, 6) is 1.29. The summed E-state index contributed by atoms with van der Waals surface area (Å²) in [5, 5.41) is 0.818. The van der Waals surface area contributed by atoms with Crippen molar-refractivity contribution >= 4 is 52.0 Å². The molecule has 1 N–H and O–H groups in total. The van der Waals surface area contributed by atoms with Crippen LogP contribution in [0.5, 0.6) is 0 Å². The molecule has 9 nitrogen and oxygen atoms in total. The summed E-state index contributed by atoms with van der Waals surface area (Å²) in [5.41, 5.74) is 3.07. The number of carbonyl (C=O) groups excluding carboxylic acids is 2. The largest absolute Gasteiger partial charge is 0.444 e. The van der Waals surface area contributed by atoms with Gasteiger partial charge >= 0.3 is 6.09 Å². The van der Waals surface area contributed by atoms with Crippen LogP contribution in [-0.2, 0) is 14.9 Å². The minimum absolute atomic E-state index is 0.000185. The second-order valence-corrected chi connectivity index (χ2v) is 13.5. The molecule has 0 bridgehead atoms. The Kier molecular flexibility index (Phi) is 6.99. The molecule has 0 unspecified atom stereocenters. The van der Waals surface area contributed by atoms with E-state index in [0.717, 1.165) is 53.2 Å². The Morgan fingerprint density at radius 1 is 1.21 bits per heavy atom. The topological polar surface area (TPSA) is 90.9 Å². The number of rotatable bonds is 6. The van der Waals surface area contributed by atoms with Gasteiger partial charge < -0.3 is 24.2 Å². The van der Waals surface area contributed by atoms with E-state index >= 15 is 4.39 Å². The molecule has 222 valence electrons. The Morgan fingerprint density at radius 2 is 1.95 bits per heavy atom. The quantitative estimate of drug-likeness (QED) is 0.350. The minimum Gasteiger partial charge on any atom is -0.444 e. The highest BCUT2D eigenvalue weighted by atomic mass is 32.2. The fourth-order valence-electron chi connectivity index (χ4n) is 6.15. The third kappa shape index (κ3) is 4.62. The number of nitrogens with one attached hydrogen (secondary N) is 1. The smallest absolute Gasteiger partial charge is 0.410 e. The Morgan fingerprint density at radius 3 is 2.60 bits per heavy atom. The van der Waals surface area contributed by atoms with E-state index in [0.29, 0.717) is 29.7 Å². The van der Waals surface area contributed by atoms with Crippen molar-refractivity contribution in [3.63, 3.8) is 0 Å². The summed E-state index contributed by atoms with van der Waals surface area (Å²) in [4.78, 5) is 40.5. The lowest BCUT2D eigenvalue weighted by molar-refractivity contribution is -0.125. The van der Waals surface area contributed by atoms with Crippen LogP contribution in [0, 0.1) is 5.82 Å². The van der Waals surface area contributed by atoms with Crippen molar-refractivity contribution in [2.75, 3.05) is 47.5 Å². The number of ether oxygens (including phenoxy) is 1. The van der Waals surface area contributed by atoms with Crippen molar-refractivity contribution in [2.24, 2.45) is 0 Å². The van der Waals surface area contributed by atoms with Crippen LogP contribution < -0.4 is 14.5 Å². The number of carbonyl (C=O) groups is 2. The van der Waals surface area contributed by atoms with E-state index in [-0.39, 0.29) is 23.9 Å². The molecule has 42 heavy (non-hydrogen) atoms. The van der Waals surface area contributed by atoms with E-state index < -0.39 is 11.0 Å². The molecule has 1 aliphatic carbocycles. The van der Waals surface area contributed by atoms with Crippen LogP contribution in [-0.4, -0.2) is 71.4 Å². The summed E-state index contributed by atoms with van der Waals surface area (Å²) < 4.78 is 24.5. The molecule has 1 aromatic carbocycles. The number of fused-ring (bicyclic) bond motifs is 4. The molecule has 4 heterocycles.